The second kappa shape index (κ2) is 8.05. The van der Waals surface area contributed by atoms with Crippen LogP contribution in [0.25, 0.3) is 10.9 Å². The summed E-state index contributed by atoms with van der Waals surface area (Å²) in [6.07, 6.45) is 2.77. The Morgan fingerprint density at radius 2 is 2.24 bits per heavy atom. The van der Waals surface area contributed by atoms with E-state index in [1.165, 1.54) is 12.1 Å². The molecule has 0 spiro atoms. The first-order valence-electron chi connectivity index (χ1n) is 6.91. The Kier molecular flexibility index (Phi) is 6.07. The fraction of sp³-hybridized carbons (Fsp3) is 0.400. The van der Waals surface area contributed by atoms with Gasteiger partial charge in [0.1, 0.15) is 5.82 Å². The lowest BCUT2D eigenvalue weighted by molar-refractivity contribution is -0.120. The van der Waals surface area contributed by atoms with Gasteiger partial charge in [0.15, 0.2) is 0 Å². The Bertz CT molecular complexity index is 600. The molecule has 6 heteroatoms. The molecule has 1 aromatic heterocycles. The van der Waals surface area contributed by atoms with E-state index in [1.54, 1.807) is 24.0 Å². The van der Waals surface area contributed by atoms with Crippen molar-refractivity contribution < 1.29 is 14.3 Å². The van der Waals surface area contributed by atoms with Crippen LogP contribution in [0, 0.1) is 5.82 Å². The fourth-order valence-corrected chi connectivity index (χ4v) is 2.85. The van der Waals surface area contributed by atoms with Crippen molar-refractivity contribution in [3.05, 3.63) is 35.8 Å². The van der Waals surface area contributed by atoms with Crippen LogP contribution in [0.4, 0.5) is 4.39 Å². The van der Waals surface area contributed by atoms with Crippen LogP contribution in [-0.2, 0) is 11.2 Å². The molecule has 0 bridgehead atoms. The number of aromatic amines is 1. The van der Waals surface area contributed by atoms with Gasteiger partial charge in [0.25, 0.3) is 0 Å². The highest BCUT2D eigenvalue weighted by molar-refractivity contribution is 7.99. The van der Waals surface area contributed by atoms with Gasteiger partial charge >= 0.3 is 0 Å². The number of aliphatic hydroxyl groups is 1. The number of benzene rings is 1. The lowest BCUT2D eigenvalue weighted by Crippen LogP contribution is -2.27. The van der Waals surface area contributed by atoms with E-state index in [4.69, 9.17) is 5.11 Å². The van der Waals surface area contributed by atoms with Gasteiger partial charge in [-0.05, 0) is 35.9 Å². The molecule has 0 saturated carbocycles. The first kappa shape index (κ1) is 15.9. The van der Waals surface area contributed by atoms with Gasteiger partial charge in [-0.2, -0.15) is 11.8 Å². The predicted molar refractivity (Wildman–Crippen MR) is 84.0 cm³/mol. The van der Waals surface area contributed by atoms with Gasteiger partial charge in [-0.25, -0.2) is 4.39 Å². The summed E-state index contributed by atoms with van der Waals surface area (Å²) in [6.45, 7) is 0.808. The van der Waals surface area contributed by atoms with Crippen LogP contribution in [-0.4, -0.2) is 40.7 Å². The van der Waals surface area contributed by atoms with Crippen molar-refractivity contribution in [2.24, 2.45) is 0 Å². The van der Waals surface area contributed by atoms with E-state index in [-0.39, 0.29) is 24.8 Å². The van der Waals surface area contributed by atoms with Crippen LogP contribution in [0.3, 0.4) is 0 Å². The molecule has 0 aliphatic heterocycles. The van der Waals surface area contributed by atoms with Crippen LogP contribution in [0.15, 0.2) is 24.4 Å². The zero-order valence-corrected chi connectivity index (χ0v) is 12.5. The predicted octanol–water partition coefficient (Wildman–Crippen LogP) is 2.08. The van der Waals surface area contributed by atoms with Crippen LogP contribution in [0.1, 0.15) is 12.0 Å². The van der Waals surface area contributed by atoms with Gasteiger partial charge < -0.3 is 15.4 Å². The van der Waals surface area contributed by atoms with Crippen molar-refractivity contribution in [2.75, 3.05) is 24.7 Å². The molecule has 0 aliphatic carbocycles. The summed E-state index contributed by atoms with van der Waals surface area (Å²) >= 11 is 1.70. The van der Waals surface area contributed by atoms with Gasteiger partial charge in [0, 0.05) is 36.0 Å². The molecule has 1 amide bonds. The number of amides is 1. The number of aromatic nitrogens is 1. The zero-order valence-electron chi connectivity index (χ0n) is 11.7. The number of nitrogens with one attached hydrogen (secondary N) is 2. The summed E-state index contributed by atoms with van der Waals surface area (Å²) in [6, 6.07) is 4.51. The summed E-state index contributed by atoms with van der Waals surface area (Å²) in [5.41, 5.74) is 1.63. The van der Waals surface area contributed by atoms with Crippen molar-refractivity contribution >= 4 is 28.6 Å². The van der Waals surface area contributed by atoms with E-state index < -0.39 is 0 Å². The maximum atomic E-state index is 13.2. The normalized spacial score (nSPS) is 11.0. The minimum Gasteiger partial charge on any atom is -0.396 e. The molecule has 21 heavy (non-hydrogen) atoms. The SMILES string of the molecule is O=C(Cc1c[nH]c2ccc(F)cc12)NCCSCCCO. The molecule has 114 valence electrons. The number of hydrogen-bond acceptors (Lipinski definition) is 3. The quantitative estimate of drug-likeness (QED) is 0.654. The summed E-state index contributed by atoms with van der Waals surface area (Å²) in [7, 11) is 0. The number of fused-ring (bicyclic) bond motifs is 1. The molecule has 0 atom stereocenters. The molecule has 0 fully saturated rings. The number of thioether (sulfide) groups is 1. The Morgan fingerprint density at radius 1 is 1.38 bits per heavy atom. The van der Waals surface area contributed by atoms with Crippen LogP contribution in [0.2, 0.25) is 0 Å². The first-order chi connectivity index (χ1) is 10.2. The third kappa shape index (κ3) is 4.75. The second-order valence-electron chi connectivity index (χ2n) is 4.72. The van der Waals surface area contributed by atoms with Crippen molar-refractivity contribution in [2.45, 2.75) is 12.8 Å². The maximum Gasteiger partial charge on any atom is 0.224 e. The van der Waals surface area contributed by atoms with Crippen molar-refractivity contribution in [1.29, 1.82) is 0 Å². The van der Waals surface area contributed by atoms with Crippen LogP contribution >= 0.6 is 11.8 Å². The minimum atomic E-state index is -0.302. The van der Waals surface area contributed by atoms with Gasteiger partial charge in [-0.1, -0.05) is 0 Å². The highest BCUT2D eigenvalue weighted by Gasteiger charge is 2.09. The number of aliphatic hydroxyl groups excluding tert-OH is 1. The van der Waals surface area contributed by atoms with Crippen molar-refractivity contribution in [3.63, 3.8) is 0 Å². The molecule has 0 unspecified atom stereocenters. The lowest BCUT2D eigenvalue weighted by atomic mass is 10.1. The number of rotatable bonds is 8. The molecule has 0 saturated heterocycles. The molecular formula is C15H19FN2O2S. The van der Waals surface area contributed by atoms with Crippen LogP contribution < -0.4 is 5.32 Å². The molecule has 2 rings (SSSR count). The topological polar surface area (TPSA) is 65.1 Å². The molecule has 0 aliphatic rings. The molecule has 1 aromatic carbocycles. The smallest absolute Gasteiger partial charge is 0.224 e. The third-order valence-electron chi connectivity index (χ3n) is 3.10. The van der Waals surface area contributed by atoms with E-state index in [9.17, 15) is 9.18 Å². The Labute approximate surface area is 127 Å². The lowest BCUT2D eigenvalue weighted by Gasteiger charge is -2.04. The first-order valence-corrected chi connectivity index (χ1v) is 8.07. The summed E-state index contributed by atoms with van der Waals surface area (Å²) in [4.78, 5) is 14.9. The molecular weight excluding hydrogens is 291 g/mol. The average molecular weight is 310 g/mol. The van der Waals surface area contributed by atoms with E-state index >= 15 is 0 Å². The highest BCUT2D eigenvalue weighted by Crippen LogP contribution is 2.19. The van der Waals surface area contributed by atoms with Crippen molar-refractivity contribution in [1.82, 2.24) is 10.3 Å². The summed E-state index contributed by atoms with van der Waals surface area (Å²) < 4.78 is 13.2. The van der Waals surface area contributed by atoms with E-state index in [0.717, 1.165) is 34.4 Å². The number of carbonyl (C=O) groups is 1. The Hall–Kier alpha value is -1.53. The fourth-order valence-electron chi connectivity index (χ4n) is 2.06. The number of carbonyl (C=O) groups excluding carboxylic acids is 1. The van der Waals surface area contributed by atoms with E-state index in [0.29, 0.717) is 6.54 Å². The summed E-state index contributed by atoms with van der Waals surface area (Å²) in [5, 5.41) is 12.2. The standard InChI is InChI=1S/C15H19FN2O2S/c16-12-2-3-14-13(9-12)11(10-18-14)8-15(20)17-4-7-21-6-1-5-19/h2-3,9-10,18-19H,1,4-8H2,(H,17,20). The minimum absolute atomic E-state index is 0.0667. The van der Waals surface area contributed by atoms with Gasteiger partial charge in [-0.15, -0.1) is 0 Å². The molecule has 1 heterocycles. The highest BCUT2D eigenvalue weighted by atomic mass is 32.2. The monoisotopic (exact) mass is 310 g/mol. The van der Waals surface area contributed by atoms with Crippen LogP contribution in [0.5, 0.6) is 0 Å². The average Bonchev–Trinajstić information content (AvgIpc) is 2.85. The Balaban J connectivity index is 1.80. The molecule has 3 N–H and O–H groups in total. The van der Waals surface area contributed by atoms with Gasteiger partial charge in [0.05, 0.1) is 6.42 Å². The largest absolute Gasteiger partial charge is 0.396 e. The molecule has 4 nitrogen and oxygen atoms in total. The maximum absolute atomic E-state index is 13.2. The van der Waals surface area contributed by atoms with Crippen molar-refractivity contribution in [3.8, 4) is 0 Å². The number of H-pyrrole nitrogens is 1. The van der Waals surface area contributed by atoms with Gasteiger partial charge in [0.2, 0.25) is 5.91 Å². The Morgan fingerprint density at radius 3 is 3.05 bits per heavy atom. The second-order valence-corrected chi connectivity index (χ2v) is 5.94. The molecule has 0 radical (unpaired) electrons. The third-order valence-corrected chi connectivity index (χ3v) is 4.17. The summed E-state index contributed by atoms with van der Waals surface area (Å²) in [5.74, 6) is 1.36. The van der Waals surface area contributed by atoms with E-state index in [2.05, 4.69) is 10.3 Å². The molecule has 2 aromatic rings. The van der Waals surface area contributed by atoms with Gasteiger partial charge in [-0.3, -0.25) is 4.79 Å². The number of halogens is 1. The number of hydrogen-bond donors (Lipinski definition) is 3. The van der Waals surface area contributed by atoms with E-state index in [1.807, 2.05) is 0 Å². The zero-order chi connectivity index (χ0) is 15.1.